The number of nitrogens with zero attached hydrogens (tertiary/aromatic N) is 1. The fourth-order valence-corrected chi connectivity index (χ4v) is 6.74. The highest BCUT2D eigenvalue weighted by Crippen LogP contribution is 2.42. The van der Waals surface area contributed by atoms with Crippen molar-refractivity contribution in [2.75, 3.05) is 5.75 Å². The number of esters is 1. The van der Waals surface area contributed by atoms with Gasteiger partial charge in [-0.25, -0.2) is 9.59 Å². The number of aromatic hydroxyl groups is 1. The molecule has 2 unspecified atom stereocenters. The third kappa shape index (κ3) is 7.69. The second-order valence-corrected chi connectivity index (χ2v) is 13.2. The predicted octanol–water partition coefficient (Wildman–Crippen LogP) is 5.52. The van der Waals surface area contributed by atoms with E-state index < -0.39 is 53.0 Å². The van der Waals surface area contributed by atoms with E-state index in [1.54, 1.807) is 26.8 Å². The molecule has 1 saturated heterocycles. The summed E-state index contributed by atoms with van der Waals surface area (Å²) in [6, 6.07) is 22.3. The average Bonchev–Trinajstić information content (AvgIpc) is 3.05. The number of allylic oxidation sites excluding steroid dienone is 1. The van der Waals surface area contributed by atoms with Crippen molar-refractivity contribution in [2.45, 2.75) is 56.4 Å². The van der Waals surface area contributed by atoms with Gasteiger partial charge in [-0.3, -0.25) is 14.5 Å². The van der Waals surface area contributed by atoms with Crippen LogP contribution in [0.4, 0.5) is 4.79 Å². The smallest absolute Gasteiger partial charge is 0.408 e. The van der Waals surface area contributed by atoms with E-state index in [-0.39, 0.29) is 11.4 Å². The fraction of sp³-hybridized carbons (Fsp3) is 0.278. The number of ether oxygens (including phenoxy) is 2. The molecule has 0 aromatic heterocycles. The summed E-state index contributed by atoms with van der Waals surface area (Å²) < 4.78 is 11.5. The first kappa shape index (κ1) is 33.3. The molecule has 2 aliphatic rings. The lowest BCUT2D eigenvalue weighted by atomic mass is 9.99. The van der Waals surface area contributed by atoms with Crippen molar-refractivity contribution >= 4 is 35.6 Å². The number of amides is 3. The minimum Gasteiger partial charge on any atom is -0.508 e. The summed E-state index contributed by atoms with van der Waals surface area (Å²) in [5.41, 5.74) is 1.94. The first-order valence-corrected chi connectivity index (χ1v) is 16.2. The van der Waals surface area contributed by atoms with E-state index in [4.69, 9.17) is 9.47 Å². The van der Waals surface area contributed by atoms with Crippen LogP contribution in [-0.2, 0) is 23.9 Å². The van der Waals surface area contributed by atoms with E-state index in [1.807, 2.05) is 60.7 Å². The molecule has 3 amide bonds. The highest BCUT2D eigenvalue weighted by atomic mass is 32.2. The maximum absolute atomic E-state index is 14.0. The summed E-state index contributed by atoms with van der Waals surface area (Å²) in [7, 11) is 0. The van der Waals surface area contributed by atoms with Gasteiger partial charge in [-0.15, -0.1) is 18.3 Å². The number of hydrogen-bond donors (Lipinski definition) is 3. The Morgan fingerprint density at radius 2 is 1.57 bits per heavy atom. The van der Waals surface area contributed by atoms with Crippen LogP contribution in [0.3, 0.4) is 0 Å². The molecule has 0 radical (unpaired) electrons. The molecule has 0 aliphatic carbocycles. The Kier molecular flexibility index (Phi) is 10.0. The normalized spacial score (nSPS) is 18.0. The lowest BCUT2D eigenvalue weighted by Crippen LogP contribution is -2.71. The monoisotopic (exact) mass is 655 g/mol. The average molecular weight is 656 g/mol. The molecular formula is C36H37N3O7S. The number of phenolic OH excluding ortho intramolecular Hbond substituents is 1. The molecule has 3 aromatic carbocycles. The lowest BCUT2D eigenvalue weighted by molar-refractivity contribution is -0.154. The van der Waals surface area contributed by atoms with Crippen LogP contribution in [0.2, 0.25) is 0 Å². The maximum atomic E-state index is 14.0. The highest BCUT2D eigenvalue weighted by molar-refractivity contribution is 8.00. The number of carbonyl (C=O) groups excluding carboxylic acids is 4. The zero-order valence-corrected chi connectivity index (χ0v) is 27.2. The number of nitrogens with one attached hydrogen (secondary N) is 2. The minimum absolute atomic E-state index is 0.0168. The van der Waals surface area contributed by atoms with Gasteiger partial charge in [0.2, 0.25) is 5.91 Å². The fourth-order valence-electron chi connectivity index (χ4n) is 5.38. The van der Waals surface area contributed by atoms with E-state index in [2.05, 4.69) is 17.2 Å². The Bertz CT molecular complexity index is 1630. The number of β-lactam (4-membered cyclic amide) rings is 1. The standard InChI is InChI=1S/C36H37N3O7S/c1-5-12-25-21-47-33-28(37-31(41)27(22-17-19-26(40)20-18-22)38-35(44)46-36(2,3)4)32(42)39(33)29(25)34(43)45-30(23-13-8-6-9-14-23)24-15-10-7-11-16-24/h5-11,13-20,27-28,30,33,40H,1,12,21H2,2-4H3,(H,37,41)(H,38,44)/t27?,28?,33-/m1/s1. The molecule has 0 spiro atoms. The molecule has 3 atom stereocenters. The van der Waals surface area contributed by atoms with Crippen LogP contribution in [-0.4, -0.2) is 56.7 Å². The third-order valence-electron chi connectivity index (χ3n) is 7.51. The summed E-state index contributed by atoms with van der Waals surface area (Å²) in [4.78, 5) is 55.4. The summed E-state index contributed by atoms with van der Waals surface area (Å²) in [6.07, 6.45) is 0.499. The molecule has 0 saturated carbocycles. The second-order valence-electron chi connectivity index (χ2n) is 12.1. The molecule has 5 rings (SSSR count). The summed E-state index contributed by atoms with van der Waals surface area (Å²) in [6.45, 7) is 8.91. The van der Waals surface area contributed by atoms with Crippen molar-refractivity contribution in [3.63, 3.8) is 0 Å². The number of fused-ring (bicyclic) bond motifs is 1. The van der Waals surface area contributed by atoms with Crippen molar-refractivity contribution in [3.05, 3.63) is 126 Å². The van der Waals surface area contributed by atoms with E-state index in [9.17, 15) is 24.3 Å². The molecule has 2 heterocycles. The molecule has 3 aromatic rings. The van der Waals surface area contributed by atoms with Crippen LogP contribution in [0.15, 0.2) is 109 Å². The molecule has 10 nitrogen and oxygen atoms in total. The summed E-state index contributed by atoms with van der Waals surface area (Å²) in [5, 5.41) is 14.5. The van der Waals surface area contributed by atoms with Crippen LogP contribution < -0.4 is 10.6 Å². The highest BCUT2D eigenvalue weighted by Gasteiger charge is 2.55. The topological polar surface area (TPSA) is 134 Å². The lowest BCUT2D eigenvalue weighted by Gasteiger charge is -2.50. The Morgan fingerprint density at radius 1 is 0.979 bits per heavy atom. The number of hydrogen-bond acceptors (Lipinski definition) is 8. The van der Waals surface area contributed by atoms with Gasteiger partial charge < -0.3 is 25.2 Å². The quantitative estimate of drug-likeness (QED) is 0.148. The molecular weight excluding hydrogens is 618 g/mol. The van der Waals surface area contributed by atoms with Crippen LogP contribution >= 0.6 is 11.8 Å². The van der Waals surface area contributed by atoms with Gasteiger partial charge >= 0.3 is 12.1 Å². The molecule has 3 N–H and O–H groups in total. The minimum atomic E-state index is -1.23. The molecule has 244 valence electrons. The Balaban J connectivity index is 1.38. The van der Waals surface area contributed by atoms with Gasteiger partial charge in [0.1, 0.15) is 34.5 Å². The van der Waals surface area contributed by atoms with E-state index in [0.29, 0.717) is 23.3 Å². The first-order chi connectivity index (χ1) is 22.5. The second kappa shape index (κ2) is 14.2. The van der Waals surface area contributed by atoms with Crippen molar-refractivity contribution < 1.29 is 33.8 Å². The van der Waals surface area contributed by atoms with E-state index >= 15 is 0 Å². The van der Waals surface area contributed by atoms with Gasteiger partial charge in [-0.1, -0.05) is 78.9 Å². The third-order valence-corrected chi connectivity index (χ3v) is 8.85. The molecule has 47 heavy (non-hydrogen) atoms. The van der Waals surface area contributed by atoms with Gasteiger partial charge in [-0.05, 0) is 61.6 Å². The number of alkyl carbamates (subject to hydrolysis) is 1. The Hall–Kier alpha value is -5.03. The maximum Gasteiger partial charge on any atom is 0.408 e. The number of benzene rings is 3. The number of phenols is 1. The molecule has 1 fully saturated rings. The zero-order chi connectivity index (χ0) is 33.7. The number of rotatable bonds is 10. The molecule has 0 bridgehead atoms. The largest absolute Gasteiger partial charge is 0.508 e. The van der Waals surface area contributed by atoms with Crippen molar-refractivity contribution in [1.82, 2.24) is 15.5 Å². The Morgan fingerprint density at radius 3 is 2.13 bits per heavy atom. The summed E-state index contributed by atoms with van der Waals surface area (Å²) >= 11 is 1.41. The molecule has 11 heteroatoms. The van der Waals surface area contributed by atoms with Crippen molar-refractivity contribution in [3.8, 4) is 5.75 Å². The van der Waals surface area contributed by atoms with Gasteiger partial charge in [-0.2, -0.15) is 0 Å². The predicted molar refractivity (Wildman–Crippen MR) is 178 cm³/mol. The zero-order valence-electron chi connectivity index (χ0n) is 26.3. The van der Waals surface area contributed by atoms with E-state index in [0.717, 1.165) is 11.1 Å². The first-order valence-electron chi connectivity index (χ1n) is 15.1. The van der Waals surface area contributed by atoms with Gasteiger partial charge in [0.15, 0.2) is 6.10 Å². The SMILES string of the molecule is C=CCC1=C(C(=O)OC(c2ccccc2)c2ccccc2)N2C(=O)C(NC(=O)C(NC(=O)OC(C)(C)C)c3ccc(O)cc3)[C@H]2SC1. The summed E-state index contributed by atoms with van der Waals surface area (Å²) in [5.74, 6) is -1.40. The van der Waals surface area contributed by atoms with Crippen LogP contribution in [0.1, 0.15) is 56.0 Å². The number of thioether (sulfide) groups is 1. The Labute approximate surface area is 277 Å². The van der Waals surface area contributed by atoms with Crippen LogP contribution in [0.25, 0.3) is 0 Å². The van der Waals surface area contributed by atoms with Gasteiger partial charge in [0, 0.05) is 5.75 Å². The van der Waals surface area contributed by atoms with Gasteiger partial charge in [0.05, 0.1) is 0 Å². The van der Waals surface area contributed by atoms with E-state index in [1.165, 1.54) is 40.9 Å². The van der Waals surface area contributed by atoms with Crippen LogP contribution in [0.5, 0.6) is 5.75 Å². The number of carbonyl (C=O) groups is 4. The molecule has 2 aliphatic heterocycles. The van der Waals surface area contributed by atoms with Crippen molar-refractivity contribution in [2.24, 2.45) is 0 Å². The van der Waals surface area contributed by atoms with Crippen molar-refractivity contribution in [1.29, 1.82) is 0 Å². The van der Waals surface area contributed by atoms with Crippen LogP contribution in [0, 0.1) is 0 Å². The van der Waals surface area contributed by atoms with Gasteiger partial charge in [0.25, 0.3) is 5.91 Å².